The van der Waals surface area contributed by atoms with Gasteiger partial charge in [0, 0.05) is 6.07 Å². The van der Waals surface area contributed by atoms with Crippen molar-refractivity contribution < 1.29 is 23.2 Å². The summed E-state index contributed by atoms with van der Waals surface area (Å²) in [4.78, 5) is 12.4. The molecule has 3 rings (SSSR count). The lowest BCUT2D eigenvalue weighted by molar-refractivity contribution is -0.623. The average Bonchev–Trinajstić information content (AvgIpc) is 2.61. The van der Waals surface area contributed by atoms with Crippen LogP contribution in [0.1, 0.15) is 5.56 Å². The second-order valence-electron chi connectivity index (χ2n) is 5.30. The first-order chi connectivity index (χ1) is 11.5. The molecule has 0 radical (unpaired) electrons. The molecule has 0 fully saturated rings. The molecule has 0 spiro atoms. The molecule has 3 aromatic rings. The quantitative estimate of drug-likeness (QED) is 0.688. The highest BCUT2D eigenvalue weighted by Crippen LogP contribution is 2.25. The molecular weight excluding hydrogens is 310 g/mol. The summed E-state index contributed by atoms with van der Waals surface area (Å²) < 4.78 is 22.7. The van der Waals surface area contributed by atoms with Crippen molar-refractivity contribution in [2.24, 2.45) is 0 Å². The average molecular weight is 328 g/mol. The van der Waals surface area contributed by atoms with Crippen LogP contribution >= 0.6 is 0 Å². The summed E-state index contributed by atoms with van der Waals surface area (Å²) in [6.45, 7) is 1.87. The van der Waals surface area contributed by atoms with Crippen LogP contribution in [0.15, 0.2) is 45.7 Å². The van der Waals surface area contributed by atoms with Gasteiger partial charge in [-0.25, -0.2) is 0 Å². The third-order valence-electron chi connectivity index (χ3n) is 3.78. The summed E-state index contributed by atoms with van der Waals surface area (Å²) in [6.07, 6.45) is 1.71. The van der Waals surface area contributed by atoms with Gasteiger partial charge in [-0.2, -0.15) is 4.79 Å². The van der Waals surface area contributed by atoms with Gasteiger partial charge >= 0.3 is 5.76 Å². The first-order valence-corrected chi connectivity index (χ1v) is 7.33. The molecule has 0 aliphatic rings. The predicted molar refractivity (Wildman–Crippen MR) is 88.4 cm³/mol. The van der Waals surface area contributed by atoms with E-state index >= 15 is 0 Å². The smallest absolute Gasteiger partial charge is 0.497 e. The molecule has 6 heteroatoms. The number of fused-ring (bicyclic) bond motifs is 1. The molecule has 2 aromatic carbocycles. The number of aromatic nitrogens is 1. The van der Waals surface area contributed by atoms with Crippen molar-refractivity contribution in [1.82, 2.24) is 0 Å². The van der Waals surface area contributed by atoms with Gasteiger partial charge in [0.05, 0.1) is 38.8 Å². The second-order valence-corrected chi connectivity index (χ2v) is 5.30. The van der Waals surface area contributed by atoms with Crippen molar-refractivity contribution in [2.45, 2.75) is 6.92 Å². The summed E-state index contributed by atoms with van der Waals surface area (Å²) in [7, 11) is 4.71. The predicted octanol–water partition coefficient (Wildman–Crippen LogP) is 2.40. The maximum Gasteiger partial charge on any atom is 0.608 e. The van der Waals surface area contributed by atoms with Crippen LogP contribution in [0.4, 0.5) is 0 Å². The Morgan fingerprint density at radius 1 is 0.875 bits per heavy atom. The minimum atomic E-state index is -0.494. The van der Waals surface area contributed by atoms with Crippen LogP contribution in [0.25, 0.3) is 16.7 Å². The molecule has 1 heterocycles. The van der Waals surface area contributed by atoms with Crippen molar-refractivity contribution >= 4 is 11.0 Å². The SMILES string of the molecule is COc1cc(OC)cc(-[n+]2cc3cc(OC)cc(C)c3oc2=O)c1. The third-order valence-corrected chi connectivity index (χ3v) is 3.78. The molecule has 0 aliphatic heterocycles. The number of hydrogen-bond donors (Lipinski definition) is 0. The van der Waals surface area contributed by atoms with Crippen LogP contribution in [0.2, 0.25) is 0 Å². The lowest BCUT2D eigenvalue weighted by atomic mass is 10.1. The Bertz CT molecular complexity index is 939. The van der Waals surface area contributed by atoms with E-state index in [-0.39, 0.29) is 0 Å². The zero-order valence-electron chi connectivity index (χ0n) is 14.0. The number of aryl methyl sites for hydroxylation is 1. The molecule has 0 bridgehead atoms. The Labute approximate surface area is 138 Å². The van der Waals surface area contributed by atoms with Crippen LogP contribution in [-0.4, -0.2) is 21.3 Å². The van der Waals surface area contributed by atoms with Crippen molar-refractivity contribution in [3.8, 4) is 22.9 Å². The molecule has 24 heavy (non-hydrogen) atoms. The molecule has 1 aromatic heterocycles. The van der Waals surface area contributed by atoms with Crippen molar-refractivity contribution in [3.05, 3.63) is 52.6 Å². The molecule has 0 amide bonds. The van der Waals surface area contributed by atoms with E-state index < -0.39 is 5.76 Å². The topological polar surface area (TPSA) is 61.8 Å². The lowest BCUT2D eigenvalue weighted by Gasteiger charge is -2.06. The second kappa shape index (κ2) is 6.23. The van der Waals surface area contributed by atoms with Gasteiger partial charge in [0.25, 0.3) is 0 Å². The molecule has 0 saturated heterocycles. The van der Waals surface area contributed by atoms with Crippen LogP contribution in [0.5, 0.6) is 17.2 Å². The molecule has 0 aliphatic carbocycles. The fraction of sp³-hybridized carbons (Fsp3) is 0.222. The maximum atomic E-state index is 12.4. The van der Waals surface area contributed by atoms with Crippen LogP contribution in [0.3, 0.4) is 0 Å². The number of ether oxygens (including phenoxy) is 3. The van der Waals surface area contributed by atoms with Gasteiger partial charge in [0.2, 0.25) is 5.69 Å². The van der Waals surface area contributed by atoms with Crippen molar-refractivity contribution in [1.29, 1.82) is 0 Å². The first-order valence-electron chi connectivity index (χ1n) is 7.33. The summed E-state index contributed by atoms with van der Waals surface area (Å²) in [5.74, 6) is 1.37. The van der Waals surface area contributed by atoms with Gasteiger partial charge in [0.15, 0.2) is 11.8 Å². The molecule has 6 nitrogen and oxygen atoms in total. The minimum Gasteiger partial charge on any atom is -0.497 e. The van der Waals surface area contributed by atoms with E-state index in [1.54, 1.807) is 45.7 Å². The van der Waals surface area contributed by atoms with Crippen LogP contribution in [-0.2, 0) is 0 Å². The van der Waals surface area contributed by atoms with E-state index in [2.05, 4.69) is 0 Å². The molecule has 0 N–H and O–H groups in total. The third kappa shape index (κ3) is 2.78. The molecule has 0 unspecified atom stereocenters. The van der Waals surface area contributed by atoms with Gasteiger partial charge in [-0.1, -0.05) is 4.57 Å². The van der Waals surface area contributed by atoms with E-state index in [0.717, 1.165) is 10.9 Å². The monoisotopic (exact) mass is 328 g/mol. The van der Waals surface area contributed by atoms with Gasteiger partial charge in [0.1, 0.15) is 17.2 Å². The normalized spacial score (nSPS) is 10.7. The first kappa shape index (κ1) is 15.9. The summed E-state index contributed by atoms with van der Waals surface area (Å²) in [5, 5.41) is 0.758. The highest BCUT2D eigenvalue weighted by Gasteiger charge is 2.19. The minimum absolute atomic E-state index is 0.494. The van der Waals surface area contributed by atoms with Crippen molar-refractivity contribution in [2.75, 3.05) is 21.3 Å². The number of benzene rings is 2. The van der Waals surface area contributed by atoms with E-state index in [4.69, 9.17) is 18.6 Å². The zero-order chi connectivity index (χ0) is 17.3. The van der Waals surface area contributed by atoms with E-state index in [1.165, 1.54) is 4.57 Å². The number of nitrogens with zero attached hydrogens (tertiary/aromatic N) is 1. The molecule has 0 atom stereocenters. The van der Waals surface area contributed by atoms with Gasteiger partial charge < -0.3 is 18.6 Å². The Hall–Kier alpha value is -3.02. The summed E-state index contributed by atoms with van der Waals surface area (Å²) in [6, 6.07) is 8.85. The van der Waals surface area contributed by atoms with Crippen molar-refractivity contribution in [3.63, 3.8) is 0 Å². The molecule has 124 valence electrons. The van der Waals surface area contributed by atoms with E-state index in [9.17, 15) is 4.79 Å². The fourth-order valence-electron chi connectivity index (χ4n) is 2.56. The van der Waals surface area contributed by atoms with Crippen LogP contribution < -0.4 is 24.5 Å². The van der Waals surface area contributed by atoms with E-state index in [0.29, 0.717) is 28.5 Å². The molecular formula is C18H18NO5+. The fourth-order valence-corrected chi connectivity index (χ4v) is 2.56. The highest BCUT2D eigenvalue weighted by atomic mass is 16.5. The Balaban J connectivity index is 2.26. The van der Waals surface area contributed by atoms with E-state index in [1.807, 2.05) is 19.1 Å². The Morgan fingerprint density at radius 3 is 2.04 bits per heavy atom. The Morgan fingerprint density at radius 2 is 1.46 bits per heavy atom. The van der Waals surface area contributed by atoms with Crippen LogP contribution in [0, 0.1) is 6.92 Å². The summed E-state index contributed by atoms with van der Waals surface area (Å²) >= 11 is 0. The highest BCUT2D eigenvalue weighted by molar-refractivity contribution is 5.80. The standard InChI is InChI=1S/C18H18NO5/c1-11-5-14(21-2)6-12-10-19(18(20)24-17(11)12)13-7-15(22-3)9-16(8-13)23-4/h5-10H,1-4H3/q+1. The van der Waals surface area contributed by atoms with Gasteiger partial charge in [-0.15, -0.1) is 0 Å². The Kier molecular flexibility index (Phi) is 4.12. The van der Waals surface area contributed by atoms with Gasteiger partial charge in [-0.3, -0.25) is 0 Å². The lowest BCUT2D eigenvalue weighted by Crippen LogP contribution is -2.46. The number of rotatable bonds is 4. The van der Waals surface area contributed by atoms with Gasteiger partial charge in [-0.05, 0) is 24.6 Å². The maximum absolute atomic E-state index is 12.4. The number of methoxy groups -OCH3 is 3. The largest absolute Gasteiger partial charge is 0.608 e. The summed E-state index contributed by atoms with van der Waals surface area (Å²) in [5.41, 5.74) is 1.95. The number of hydrogen-bond acceptors (Lipinski definition) is 5. The zero-order valence-corrected chi connectivity index (χ0v) is 14.0. The molecule has 0 saturated carbocycles.